The molecule has 1 saturated heterocycles. The maximum atomic E-state index is 12.6. The number of hydrogen-bond donors (Lipinski definition) is 1. The number of aliphatic imine (C=N–C) groups is 1. The monoisotopic (exact) mass is 527 g/mol. The molecule has 0 radical (unpaired) electrons. The number of thioether (sulfide) groups is 1. The molecule has 1 fully saturated rings. The SMILES string of the molecule is Cc1cc(N=C2NC(=O)/C(=C/c3cc(C)n(-c4cccc(Cl)c4C)c3C)S2)cc(C)c1Br. The highest BCUT2D eigenvalue weighted by molar-refractivity contribution is 9.10. The van der Waals surface area contributed by atoms with Crippen LogP contribution in [0.2, 0.25) is 5.02 Å². The van der Waals surface area contributed by atoms with Crippen LogP contribution in [0.5, 0.6) is 0 Å². The van der Waals surface area contributed by atoms with Crippen molar-refractivity contribution in [1.29, 1.82) is 0 Å². The molecule has 1 amide bonds. The highest BCUT2D eigenvalue weighted by Gasteiger charge is 2.25. The van der Waals surface area contributed by atoms with Gasteiger partial charge in [-0.1, -0.05) is 33.6 Å². The van der Waals surface area contributed by atoms with Crippen LogP contribution in [0.25, 0.3) is 11.8 Å². The quantitative estimate of drug-likeness (QED) is 0.362. The zero-order chi connectivity index (χ0) is 23.2. The third kappa shape index (κ3) is 4.32. The first-order chi connectivity index (χ1) is 15.2. The molecule has 1 N–H and O–H groups in total. The molecular weight excluding hydrogens is 506 g/mol. The predicted octanol–water partition coefficient (Wildman–Crippen LogP) is 7.33. The van der Waals surface area contributed by atoms with Crippen molar-refractivity contribution >= 4 is 62.1 Å². The number of amidine groups is 1. The summed E-state index contributed by atoms with van der Waals surface area (Å²) in [5, 5.41) is 4.21. The summed E-state index contributed by atoms with van der Waals surface area (Å²) >= 11 is 11.3. The number of hydrogen-bond acceptors (Lipinski definition) is 3. The number of rotatable bonds is 3. The van der Waals surface area contributed by atoms with Gasteiger partial charge in [-0.25, -0.2) is 4.99 Å². The van der Waals surface area contributed by atoms with Crippen LogP contribution in [-0.2, 0) is 4.79 Å². The molecule has 4 rings (SSSR count). The molecule has 32 heavy (non-hydrogen) atoms. The highest BCUT2D eigenvalue weighted by atomic mass is 79.9. The second kappa shape index (κ2) is 8.93. The van der Waals surface area contributed by atoms with Crippen molar-refractivity contribution in [2.24, 2.45) is 4.99 Å². The van der Waals surface area contributed by atoms with Crippen molar-refractivity contribution < 1.29 is 4.79 Å². The van der Waals surface area contributed by atoms with Crippen LogP contribution in [-0.4, -0.2) is 15.6 Å². The lowest BCUT2D eigenvalue weighted by Crippen LogP contribution is -2.19. The second-order valence-corrected chi connectivity index (χ2v) is 10.2. The van der Waals surface area contributed by atoms with Crippen LogP contribution in [0.4, 0.5) is 5.69 Å². The van der Waals surface area contributed by atoms with E-state index in [-0.39, 0.29) is 5.91 Å². The van der Waals surface area contributed by atoms with Gasteiger partial charge in [-0.15, -0.1) is 0 Å². The predicted molar refractivity (Wildman–Crippen MR) is 139 cm³/mol. The molecule has 0 saturated carbocycles. The number of nitrogens with one attached hydrogen (secondary N) is 1. The van der Waals surface area contributed by atoms with E-state index in [9.17, 15) is 4.79 Å². The lowest BCUT2D eigenvalue weighted by atomic mass is 10.1. The molecule has 0 bridgehead atoms. The minimum atomic E-state index is -0.136. The average Bonchev–Trinajstić information content (AvgIpc) is 3.20. The normalized spacial score (nSPS) is 16.3. The van der Waals surface area contributed by atoms with Gasteiger partial charge in [-0.3, -0.25) is 4.79 Å². The summed E-state index contributed by atoms with van der Waals surface area (Å²) < 4.78 is 3.25. The maximum Gasteiger partial charge on any atom is 0.264 e. The van der Waals surface area contributed by atoms with E-state index in [0.717, 1.165) is 54.5 Å². The number of aromatic nitrogens is 1. The van der Waals surface area contributed by atoms with Gasteiger partial charge >= 0.3 is 0 Å². The molecular formula is C25H23BrClN3OS. The van der Waals surface area contributed by atoms with Crippen LogP contribution in [0.15, 0.2) is 50.8 Å². The van der Waals surface area contributed by atoms with Crippen LogP contribution in [0.1, 0.15) is 33.6 Å². The fourth-order valence-electron chi connectivity index (χ4n) is 3.87. The number of carbonyl (C=O) groups excluding carboxylic acids is 1. The van der Waals surface area contributed by atoms with Gasteiger partial charge in [-0.2, -0.15) is 0 Å². The number of carbonyl (C=O) groups is 1. The van der Waals surface area contributed by atoms with Crippen molar-refractivity contribution in [2.45, 2.75) is 34.6 Å². The van der Waals surface area contributed by atoms with Crippen molar-refractivity contribution in [3.63, 3.8) is 0 Å². The van der Waals surface area contributed by atoms with Gasteiger partial charge in [0.05, 0.1) is 10.6 Å². The number of aryl methyl sites for hydroxylation is 3. The molecule has 1 aromatic heterocycles. The van der Waals surface area contributed by atoms with E-state index in [2.05, 4.69) is 56.8 Å². The Morgan fingerprint density at radius 3 is 2.47 bits per heavy atom. The molecule has 1 aliphatic heterocycles. The lowest BCUT2D eigenvalue weighted by molar-refractivity contribution is -0.115. The Labute approximate surface area is 205 Å². The first kappa shape index (κ1) is 22.9. The van der Waals surface area contributed by atoms with Gasteiger partial charge in [-0.05, 0) is 105 Å². The number of nitrogens with zero attached hydrogens (tertiary/aromatic N) is 2. The largest absolute Gasteiger partial charge is 0.318 e. The molecule has 0 aliphatic carbocycles. The standard InChI is InChI=1S/C25H23BrClN3OS/c1-13-9-19(10-14(2)23(13)26)28-25-29-24(31)22(32-25)12-18-11-15(3)30(17(18)5)21-8-6-7-20(27)16(21)4/h6-12H,1-5H3,(H,28,29,31)/b22-12-. The highest BCUT2D eigenvalue weighted by Crippen LogP contribution is 2.33. The van der Waals surface area contributed by atoms with Gasteiger partial charge in [0.1, 0.15) is 0 Å². The van der Waals surface area contributed by atoms with E-state index >= 15 is 0 Å². The maximum absolute atomic E-state index is 12.6. The van der Waals surface area contributed by atoms with Gasteiger partial charge in [0.2, 0.25) is 0 Å². The second-order valence-electron chi connectivity index (χ2n) is 7.92. The third-order valence-corrected chi connectivity index (χ3v) is 8.11. The van der Waals surface area contributed by atoms with Gasteiger partial charge in [0.25, 0.3) is 5.91 Å². The number of halogens is 2. The molecule has 164 valence electrons. The molecule has 1 aliphatic rings. The van der Waals surface area contributed by atoms with Crippen molar-refractivity contribution in [1.82, 2.24) is 9.88 Å². The first-order valence-electron chi connectivity index (χ1n) is 10.2. The van der Waals surface area contributed by atoms with Crippen molar-refractivity contribution in [3.05, 3.63) is 84.4 Å². The van der Waals surface area contributed by atoms with Crippen LogP contribution >= 0.6 is 39.3 Å². The Morgan fingerprint density at radius 1 is 1.09 bits per heavy atom. The van der Waals surface area contributed by atoms with E-state index < -0.39 is 0 Å². The zero-order valence-corrected chi connectivity index (χ0v) is 21.7. The Bertz CT molecular complexity index is 1300. The fraction of sp³-hybridized carbons (Fsp3) is 0.200. The van der Waals surface area contributed by atoms with E-state index in [1.807, 2.05) is 51.1 Å². The Kier molecular flexibility index (Phi) is 6.39. The van der Waals surface area contributed by atoms with Gasteiger partial charge in [0, 0.05) is 26.6 Å². The van der Waals surface area contributed by atoms with E-state index in [1.165, 1.54) is 11.8 Å². The summed E-state index contributed by atoms with van der Waals surface area (Å²) in [5.41, 5.74) is 8.24. The fourth-order valence-corrected chi connectivity index (χ4v) is 5.10. The summed E-state index contributed by atoms with van der Waals surface area (Å²) in [6.07, 6.45) is 1.93. The summed E-state index contributed by atoms with van der Waals surface area (Å²) in [4.78, 5) is 17.9. The lowest BCUT2D eigenvalue weighted by Gasteiger charge is -2.13. The molecule has 2 heterocycles. The van der Waals surface area contributed by atoms with E-state index in [0.29, 0.717) is 10.1 Å². The summed E-state index contributed by atoms with van der Waals surface area (Å²) in [6, 6.07) is 12.0. The summed E-state index contributed by atoms with van der Waals surface area (Å²) in [6.45, 7) is 10.2. The molecule has 0 spiro atoms. The molecule has 3 aromatic rings. The van der Waals surface area contributed by atoms with Crippen LogP contribution in [0.3, 0.4) is 0 Å². The van der Waals surface area contributed by atoms with Crippen LogP contribution < -0.4 is 5.32 Å². The minimum absolute atomic E-state index is 0.136. The Morgan fingerprint density at radius 2 is 1.78 bits per heavy atom. The van der Waals surface area contributed by atoms with E-state index in [4.69, 9.17) is 11.6 Å². The minimum Gasteiger partial charge on any atom is -0.318 e. The first-order valence-corrected chi connectivity index (χ1v) is 12.1. The molecule has 0 unspecified atom stereocenters. The summed E-state index contributed by atoms with van der Waals surface area (Å²) in [7, 11) is 0. The zero-order valence-electron chi connectivity index (χ0n) is 18.5. The molecule has 0 atom stereocenters. The van der Waals surface area contributed by atoms with Gasteiger partial charge < -0.3 is 9.88 Å². The van der Waals surface area contributed by atoms with Crippen molar-refractivity contribution in [3.8, 4) is 5.69 Å². The number of benzene rings is 2. The van der Waals surface area contributed by atoms with E-state index in [1.54, 1.807) is 0 Å². The Balaban J connectivity index is 1.67. The topological polar surface area (TPSA) is 46.4 Å². The van der Waals surface area contributed by atoms with Gasteiger partial charge in [0.15, 0.2) is 5.17 Å². The Hall–Kier alpha value is -2.28. The van der Waals surface area contributed by atoms with Crippen molar-refractivity contribution in [2.75, 3.05) is 0 Å². The molecule has 4 nitrogen and oxygen atoms in total. The smallest absolute Gasteiger partial charge is 0.264 e. The molecule has 7 heteroatoms. The molecule has 2 aromatic carbocycles. The third-order valence-electron chi connectivity index (χ3n) is 5.54. The number of amides is 1. The summed E-state index contributed by atoms with van der Waals surface area (Å²) in [5.74, 6) is -0.136. The average molecular weight is 529 g/mol. The van der Waals surface area contributed by atoms with Crippen LogP contribution in [0, 0.1) is 34.6 Å².